The second kappa shape index (κ2) is 13.7. The van der Waals surface area contributed by atoms with Gasteiger partial charge >= 0.3 is 288 Å². The molecule has 0 aliphatic heterocycles. The summed E-state index contributed by atoms with van der Waals surface area (Å²) < 4.78 is 27.4. The molecule has 0 aliphatic rings. The molecule has 0 spiro atoms. The van der Waals surface area contributed by atoms with Crippen LogP contribution >= 0.6 is 6.91 Å². The summed E-state index contributed by atoms with van der Waals surface area (Å²) in [6.07, 6.45) is 0.219. The summed E-state index contributed by atoms with van der Waals surface area (Å²) >= 11 is 0. The second-order valence-electron chi connectivity index (χ2n) is 12.6. The molecule has 0 aromatic heterocycles. The summed E-state index contributed by atoms with van der Waals surface area (Å²) in [5, 5.41) is 6.24. The summed E-state index contributed by atoms with van der Waals surface area (Å²) in [4.78, 5) is 0. The van der Waals surface area contributed by atoms with Crippen LogP contribution in [0.4, 0.5) is 8.90 Å². The van der Waals surface area contributed by atoms with E-state index in [4.69, 9.17) is 4.74 Å². The quantitative estimate of drug-likeness (QED) is 0.139. The zero-order valence-electron chi connectivity index (χ0n) is 27.5. The van der Waals surface area contributed by atoms with E-state index in [0.29, 0.717) is 22.5 Å². The molecule has 8 aromatic rings. The molecule has 0 fully saturated rings. The molecular weight excluding hydrogens is 637 g/mol. The standard InChI is InChI=1S/C46H36FOP.FH/c47-49(39-23-9-3-10-24-39,40-25-11-4-12-26-40,34-36-19-7-2-8-20-36)44-32-30-38-22-14-16-28-42(38)46(44)45-41-27-15-13-21-37(41)29-31-43(45)48-33-35-17-5-1-6-18-35;/h1-32H,33-34H2;1H. The number of halogens is 2. The Kier molecular flexibility index (Phi) is 9.02. The Bertz CT molecular complexity index is 2340. The summed E-state index contributed by atoms with van der Waals surface area (Å²) in [5.41, 5.74) is 3.81. The molecule has 0 unspecified atom stereocenters. The van der Waals surface area contributed by atoms with Crippen LogP contribution in [0.3, 0.4) is 0 Å². The molecule has 0 radical (unpaired) electrons. The normalized spacial score (nSPS) is 12.1. The molecule has 0 atom stereocenters. The van der Waals surface area contributed by atoms with Crippen molar-refractivity contribution in [3.05, 3.63) is 205 Å². The van der Waals surface area contributed by atoms with Crippen LogP contribution in [0, 0.1) is 0 Å². The molecule has 50 heavy (non-hydrogen) atoms. The maximum absolute atomic E-state index is 20.6. The minimum absolute atomic E-state index is 0. The Morgan fingerprint density at radius 2 is 0.860 bits per heavy atom. The van der Waals surface area contributed by atoms with Crippen LogP contribution in [-0.2, 0) is 12.8 Å². The van der Waals surface area contributed by atoms with E-state index in [0.717, 1.165) is 49.5 Å². The van der Waals surface area contributed by atoms with Gasteiger partial charge in [-0.25, -0.2) is 0 Å². The Balaban J connectivity index is 0.00000392. The van der Waals surface area contributed by atoms with E-state index in [1.54, 1.807) is 0 Å². The molecule has 0 amide bonds. The molecule has 4 heteroatoms. The van der Waals surface area contributed by atoms with Crippen molar-refractivity contribution in [2.75, 3.05) is 0 Å². The minimum atomic E-state index is -4.80. The van der Waals surface area contributed by atoms with Gasteiger partial charge in [-0.05, 0) is 0 Å². The van der Waals surface area contributed by atoms with E-state index in [-0.39, 0.29) is 10.9 Å². The first-order valence-electron chi connectivity index (χ1n) is 16.7. The molecule has 1 nitrogen and oxygen atoms in total. The summed E-state index contributed by atoms with van der Waals surface area (Å²) in [6.45, 7) is -4.41. The predicted octanol–water partition coefficient (Wildman–Crippen LogP) is 11.3. The molecule has 0 aliphatic carbocycles. The van der Waals surface area contributed by atoms with Gasteiger partial charge in [0.2, 0.25) is 0 Å². The van der Waals surface area contributed by atoms with E-state index < -0.39 is 6.91 Å². The van der Waals surface area contributed by atoms with Gasteiger partial charge < -0.3 is 0 Å². The molecule has 0 heterocycles. The molecular formula is C46H37F2OP. The topological polar surface area (TPSA) is 9.23 Å². The zero-order valence-corrected chi connectivity index (χ0v) is 28.4. The average molecular weight is 675 g/mol. The van der Waals surface area contributed by atoms with Gasteiger partial charge in [-0.2, -0.15) is 0 Å². The first-order valence-corrected chi connectivity index (χ1v) is 19.0. The average Bonchev–Trinajstić information content (AvgIpc) is 3.18. The van der Waals surface area contributed by atoms with Crippen LogP contribution in [0.15, 0.2) is 194 Å². The van der Waals surface area contributed by atoms with Crippen LogP contribution in [-0.4, -0.2) is 0 Å². The van der Waals surface area contributed by atoms with Crippen molar-refractivity contribution >= 4 is 44.4 Å². The van der Waals surface area contributed by atoms with Crippen LogP contribution < -0.4 is 20.7 Å². The van der Waals surface area contributed by atoms with Gasteiger partial charge in [-0.15, -0.1) is 0 Å². The number of hydrogen-bond acceptors (Lipinski definition) is 1. The van der Waals surface area contributed by atoms with Crippen LogP contribution in [0.5, 0.6) is 5.75 Å². The maximum atomic E-state index is 20.6. The molecule has 0 saturated heterocycles. The zero-order chi connectivity index (χ0) is 33.1. The fraction of sp³-hybridized carbons (Fsp3) is 0.0435. The van der Waals surface area contributed by atoms with Crippen molar-refractivity contribution in [1.82, 2.24) is 0 Å². The number of rotatable bonds is 9. The molecule has 8 aromatic carbocycles. The van der Waals surface area contributed by atoms with Crippen molar-refractivity contribution in [1.29, 1.82) is 0 Å². The van der Waals surface area contributed by atoms with Crippen LogP contribution in [0.1, 0.15) is 11.1 Å². The first-order chi connectivity index (χ1) is 24.1. The van der Waals surface area contributed by atoms with Crippen molar-refractivity contribution in [3.63, 3.8) is 0 Å². The summed E-state index contributed by atoms with van der Waals surface area (Å²) in [6, 6.07) is 65.2. The molecule has 0 bridgehead atoms. The van der Waals surface area contributed by atoms with E-state index in [1.165, 1.54) is 0 Å². The Labute approximate surface area is 292 Å². The number of benzene rings is 8. The Morgan fingerprint density at radius 1 is 0.420 bits per heavy atom. The SMILES string of the molecule is F.FP(Cc1ccccc1)(c1ccccc1)(c1ccccc1)c1ccc2ccccc2c1-c1c(OCc2ccccc2)ccc2ccccc12. The Hall–Kier alpha value is -5.63. The Morgan fingerprint density at radius 3 is 1.42 bits per heavy atom. The first kappa shape index (κ1) is 32.9. The summed E-state index contributed by atoms with van der Waals surface area (Å²) in [5.74, 6) is 0.728. The third kappa shape index (κ3) is 5.64. The second-order valence-corrected chi connectivity index (χ2v) is 16.8. The number of fused-ring (bicyclic) bond motifs is 2. The predicted molar refractivity (Wildman–Crippen MR) is 210 cm³/mol. The van der Waals surface area contributed by atoms with E-state index in [9.17, 15) is 0 Å². The molecule has 0 N–H and O–H groups in total. The summed E-state index contributed by atoms with van der Waals surface area (Å²) in [7, 11) is 0. The fourth-order valence-electron chi connectivity index (χ4n) is 7.38. The van der Waals surface area contributed by atoms with Gasteiger partial charge in [-0.3, -0.25) is 4.70 Å². The third-order valence-corrected chi connectivity index (χ3v) is 14.8. The fourth-order valence-corrected chi connectivity index (χ4v) is 12.3. The van der Waals surface area contributed by atoms with Gasteiger partial charge in [0.25, 0.3) is 0 Å². The van der Waals surface area contributed by atoms with Gasteiger partial charge in [-0.1, -0.05) is 0 Å². The van der Waals surface area contributed by atoms with Gasteiger partial charge in [0, 0.05) is 0 Å². The van der Waals surface area contributed by atoms with Gasteiger partial charge in [0.1, 0.15) is 0 Å². The van der Waals surface area contributed by atoms with E-state index >= 15 is 4.20 Å². The monoisotopic (exact) mass is 674 g/mol. The van der Waals surface area contributed by atoms with Crippen molar-refractivity contribution in [2.45, 2.75) is 12.8 Å². The molecule has 8 rings (SSSR count). The van der Waals surface area contributed by atoms with Gasteiger partial charge in [0.05, 0.1) is 0 Å². The van der Waals surface area contributed by atoms with Crippen molar-refractivity contribution in [3.8, 4) is 16.9 Å². The van der Waals surface area contributed by atoms with E-state index in [2.05, 4.69) is 97.1 Å². The van der Waals surface area contributed by atoms with Crippen molar-refractivity contribution < 1.29 is 13.6 Å². The van der Waals surface area contributed by atoms with Crippen molar-refractivity contribution in [2.24, 2.45) is 0 Å². The molecule has 0 saturated carbocycles. The molecule has 246 valence electrons. The van der Waals surface area contributed by atoms with Crippen LogP contribution in [0.2, 0.25) is 0 Å². The van der Waals surface area contributed by atoms with E-state index in [1.807, 2.05) is 97.1 Å². The third-order valence-electron chi connectivity index (χ3n) is 9.70. The number of ether oxygens (including phenoxy) is 1. The number of hydrogen-bond donors (Lipinski definition) is 0. The van der Waals surface area contributed by atoms with Crippen LogP contribution in [0.25, 0.3) is 32.7 Å². The van der Waals surface area contributed by atoms with Gasteiger partial charge in [0.15, 0.2) is 0 Å².